The van der Waals surface area contributed by atoms with Gasteiger partial charge < -0.3 is 30.6 Å². The highest BCUT2D eigenvalue weighted by Crippen LogP contribution is 2.08. The van der Waals surface area contributed by atoms with Crippen LogP contribution in [-0.2, 0) is 14.3 Å². The first kappa shape index (κ1) is 22.4. The van der Waals surface area contributed by atoms with Gasteiger partial charge in [0.15, 0.2) is 6.10 Å². The van der Waals surface area contributed by atoms with Crippen molar-refractivity contribution in [1.29, 1.82) is 0 Å². The Morgan fingerprint density at radius 3 is 2.24 bits per heavy atom. The van der Waals surface area contributed by atoms with Crippen LogP contribution < -0.4 is 16.6 Å². The Labute approximate surface area is 132 Å². The molecule has 0 heterocycles. The molecule has 21 heavy (non-hydrogen) atoms. The van der Waals surface area contributed by atoms with Crippen LogP contribution >= 0.6 is 12.4 Å². The van der Waals surface area contributed by atoms with Crippen molar-refractivity contribution in [3.63, 3.8) is 0 Å². The molecule has 0 rings (SSSR count). The van der Waals surface area contributed by atoms with E-state index in [1.807, 2.05) is 21.1 Å². The summed E-state index contributed by atoms with van der Waals surface area (Å²) in [6.45, 7) is 0.936. The lowest BCUT2D eigenvalue weighted by molar-refractivity contribution is -0.873. The molecule has 2 atom stereocenters. The molecule has 0 aromatic carbocycles. The van der Waals surface area contributed by atoms with Crippen LogP contribution in [0.4, 0.5) is 0 Å². The van der Waals surface area contributed by atoms with Gasteiger partial charge in [-0.2, -0.15) is 0 Å². The van der Waals surface area contributed by atoms with E-state index in [0.717, 1.165) is 12.8 Å². The molecule has 0 aromatic heterocycles. The van der Waals surface area contributed by atoms with Gasteiger partial charge in [0.1, 0.15) is 12.6 Å². The van der Waals surface area contributed by atoms with Gasteiger partial charge in [-0.25, -0.2) is 0 Å². The molecular weight excluding hydrogens is 298 g/mol. The average Bonchev–Trinajstić information content (AvgIpc) is 2.25. The maximum Gasteiger partial charge on any atom is 0.323 e. The molecule has 0 saturated carbocycles. The maximum atomic E-state index is 11.8. The van der Waals surface area contributed by atoms with Gasteiger partial charge in [-0.3, -0.25) is 4.79 Å². The topological polar surface area (TPSA) is 118 Å². The Kier molecular flexibility index (Phi) is 11.5. The first-order valence-electron chi connectivity index (χ1n) is 6.82. The van der Waals surface area contributed by atoms with E-state index >= 15 is 0 Å². The smallest absolute Gasteiger partial charge is 0.323 e. The number of quaternary nitrogens is 1. The molecule has 7 nitrogen and oxygen atoms in total. The number of carboxylic acids is 1. The second kappa shape index (κ2) is 10.8. The molecule has 4 N–H and O–H groups in total. The van der Waals surface area contributed by atoms with Crippen LogP contribution in [0.15, 0.2) is 0 Å². The number of nitrogens with zero attached hydrogens (tertiary/aromatic N) is 1. The summed E-state index contributed by atoms with van der Waals surface area (Å²) in [6, 6.07) is -0.738. The fraction of sp³-hybridized carbons (Fsp3) is 0.846. The summed E-state index contributed by atoms with van der Waals surface area (Å²) in [6.07, 6.45) is 0.971. The Bertz CT molecular complexity index is 321. The lowest BCUT2D eigenvalue weighted by atomic mass is 10.1. The fourth-order valence-electron chi connectivity index (χ4n) is 1.82. The summed E-state index contributed by atoms with van der Waals surface area (Å²) in [5, 5.41) is 10.7. The fourth-order valence-corrected chi connectivity index (χ4v) is 1.82. The zero-order chi connectivity index (χ0) is 15.8. The highest BCUT2D eigenvalue weighted by atomic mass is 35.5. The number of aliphatic carboxylic acids is 1. The van der Waals surface area contributed by atoms with E-state index in [-0.39, 0.29) is 18.8 Å². The summed E-state index contributed by atoms with van der Waals surface area (Å²) in [5.74, 6) is -1.81. The van der Waals surface area contributed by atoms with Crippen LogP contribution in [0.2, 0.25) is 0 Å². The molecule has 8 heteroatoms. The molecule has 0 unspecified atom stereocenters. The van der Waals surface area contributed by atoms with Crippen LogP contribution in [0.25, 0.3) is 0 Å². The number of halogens is 1. The number of carbonyl (C=O) groups is 2. The minimum Gasteiger partial charge on any atom is -0.550 e. The first-order chi connectivity index (χ1) is 9.15. The van der Waals surface area contributed by atoms with Gasteiger partial charge in [0.25, 0.3) is 0 Å². The van der Waals surface area contributed by atoms with Crippen molar-refractivity contribution in [1.82, 2.24) is 0 Å². The second-order valence-corrected chi connectivity index (χ2v) is 6.00. The average molecular weight is 326 g/mol. The van der Waals surface area contributed by atoms with Crippen molar-refractivity contribution < 1.29 is 23.9 Å². The summed E-state index contributed by atoms with van der Waals surface area (Å²) in [5.41, 5.74) is 11.1. The van der Waals surface area contributed by atoms with Crippen LogP contribution in [0.3, 0.4) is 0 Å². The number of hydrogen-bond acceptors (Lipinski definition) is 6. The van der Waals surface area contributed by atoms with E-state index < -0.39 is 24.1 Å². The second-order valence-electron chi connectivity index (χ2n) is 6.00. The molecule has 0 aliphatic carbocycles. The van der Waals surface area contributed by atoms with Crippen molar-refractivity contribution in [3.05, 3.63) is 0 Å². The van der Waals surface area contributed by atoms with E-state index in [2.05, 4.69) is 0 Å². The number of likely N-dealkylation sites (N-methyl/N-ethyl adjacent to an activating group) is 1. The van der Waals surface area contributed by atoms with Crippen LogP contribution in [-0.4, -0.2) is 62.8 Å². The molecule has 0 fully saturated rings. The summed E-state index contributed by atoms with van der Waals surface area (Å²) in [4.78, 5) is 22.5. The van der Waals surface area contributed by atoms with E-state index in [0.29, 0.717) is 24.0 Å². The van der Waals surface area contributed by atoms with Crippen molar-refractivity contribution in [2.45, 2.75) is 37.8 Å². The minimum absolute atomic E-state index is 0. The quantitative estimate of drug-likeness (QED) is 0.290. The van der Waals surface area contributed by atoms with E-state index in [1.165, 1.54) is 0 Å². The summed E-state index contributed by atoms with van der Waals surface area (Å²) < 4.78 is 5.68. The summed E-state index contributed by atoms with van der Waals surface area (Å²) in [7, 11) is 5.66. The van der Waals surface area contributed by atoms with Crippen LogP contribution in [0.5, 0.6) is 0 Å². The van der Waals surface area contributed by atoms with E-state index in [1.54, 1.807) is 0 Å². The van der Waals surface area contributed by atoms with Crippen molar-refractivity contribution in [2.75, 3.05) is 34.2 Å². The molecule has 0 aliphatic rings. The third kappa shape index (κ3) is 12.6. The number of nitrogens with two attached hydrogens (primary N) is 2. The summed E-state index contributed by atoms with van der Waals surface area (Å²) >= 11 is 0. The van der Waals surface area contributed by atoms with Gasteiger partial charge in [-0.1, -0.05) is 6.42 Å². The monoisotopic (exact) mass is 325 g/mol. The molecule has 0 amide bonds. The predicted octanol–water partition coefficient (Wildman–Crippen LogP) is -1.38. The van der Waals surface area contributed by atoms with Gasteiger partial charge in [0.05, 0.1) is 21.1 Å². The SMILES string of the molecule is C[N+](C)(C)C[C@@H](CC(=O)[O-])OC(=O)[C@@H](N)CCCCN.Cl. The Morgan fingerprint density at radius 1 is 1.24 bits per heavy atom. The van der Waals surface area contributed by atoms with Crippen LogP contribution in [0, 0.1) is 0 Å². The van der Waals surface area contributed by atoms with Crippen LogP contribution in [0.1, 0.15) is 25.7 Å². The largest absolute Gasteiger partial charge is 0.550 e. The normalized spacial score (nSPS) is 14.0. The Morgan fingerprint density at radius 2 is 1.81 bits per heavy atom. The predicted molar refractivity (Wildman–Crippen MR) is 80.5 cm³/mol. The highest BCUT2D eigenvalue weighted by molar-refractivity contribution is 5.85. The third-order valence-electron chi connectivity index (χ3n) is 2.70. The van der Waals surface area contributed by atoms with Gasteiger partial charge in [0.2, 0.25) is 0 Å². The van der Waals surface area contributed by atoms with E-state index in [4.69, 9.17) is 16.2 Å². The molecule has 0 aliphatic heterocycles. The zero-order valence-corrected chi connectivity index (χ0v) is 13.9. The Hall–Kier alpha value is -0.890. The number of ether oxygens (including phenoxy) is 1. The van der Waals surface area contributed by atoms with Gasteiger partial charge in [0, 0.05) is 12.4 Å². The lowest BCUT2D eigenvalue weighted by Crippen LogP contribution is -2.46. The van der Waals surface area contributed by atoms with Crippen molar-refractivity contribution >= 4 is 24.3 Å². The molecule has 126 valence electrons. The molecule has 0 radical (unpaired) electrons. The standard InChI is InChI=1S/C13H27N3O4.ClH/c1-16(2,3)9-10(8-12(17)18)20-13(19)11(15)6-4-5-7-14;/h10-11H,4-9,14-15H2,1-3H3;1H/t10-,11+;/m1./s1. The van der Waals surface area contributed by atoms with E-state index in [9.17, 15) is 14.7 Å². The van der Waals surface area contributed by atoms with Gasteiger partial charge in [-0.15, -0.1) is 12.4 Å². The number of esters is 1. The number of carbonyl (C=O) groups excluding carboxylic acids is 2. The zero-order valence-electron chi connectivity index (χ0n) is 13.0. The molecule has 0 saturated heterocycles. The lowest BCUT2D eigenvalue weighted by Gasteiger charge is -2.29. The van der Waals surface area contributed by atoms with Gasteiger partial charge in [-0.05, 0) is 19.4 Å². The number of unbranched alkanes of at least 4 members (excludes halogenated alkanes) is 1. The van der Waals surface area contributed by atoms with Gasteiger partial charge >= 0.3 is 5.97 Å². The van der Waals surface area contributed by atoms with Crippen molar-refractivity contribution in [2.24, 2.45) is 11.5 Å². The Balaban J connectivity index is 0. The maximum absolute atomic E-state index is 11.8. The first-order valence-corrected chi connectivity index (χ1v) is 6.82. The molecule has 0 aromatic rings. The molecule has 0 bridgehead atoms. The molecular formula is C13H28ClN3O4. The third-order valence-corrected chi connectivity index (χ3v) is 2.70. The number of hydrogen-bond donors (Lipinski definition) is 2. The number of carboxylic acid groups (broad SMARTS) is 1. The molecule has 0 spiro atoms. The number of rotatable bonds is 10. The highest BCUT2D eigenvalue weighted by Gasteiger charge is 2.25. The van der Waals surface area contributed by atoms with Crippen molar-refractivity contribution in [3.8, 4) is 0 Å². The minimum atomic E-state index is -1.24.